The second-order valence-corrected chi connectivity index (χ2v) is 6.04. The molecular weight excluding hydrogens is 347 g/mol. The molecule has 0 aliphatic rings. The minimum atomic E-state index is -0.227. The Hall–Kier alpha value is -2.37. The van der Waals surface area contributed by atoms with Crippen molar-refractivity contribution in [2.75, 3.05) is 0 Å². The van der Waals surface area contributed by atoms with Crippen LogP contribution in [0.25, 0.3) is 11.3 Å². The largest absolute Gasteiger partial charge is 0.348 e. The monoisotopic (exact) mass is 360 g/mol. The molecule has 7 heteroatoms. The molecule has 3 aromatic rings. The number of pyridine rings is 1. The molecule has 1 N–H and O–H groups in total. The molecular formula is C17H14Cl2N4O. The maximum absolute atomic E-state index is 12.3. The zero-order chi connectivity index (χ0) is 17.1. The van der Waals surface area contributed by atoms with Crippen molar-refractivity contribution in [1.82, 2.24) is 20.1 Å². The molecule has 0 spiro atoms. The fourth-order valence-corrected chi connectivity index (χ4v) is 2.60. The van der Waals surface area contributed by atoms with Crippen LogP contribution in [0.5, 0.6) is 0 Å². The molecule has 0 saturated carbocycles. The van der Waals surface area contributed by atoms with E-state index in [4.69, 9.17) is 23.2 Å². The molecule has 0 radical (unpaired) electrons. The first-order valence-electron chi connectivity index (χ1n) is 7.21. The van der Waals surface area contributed by atoms with Crippen LogP contribution in [0.3, 0.4) is 0 Å². The van der Waals surface area contributed by atoms with Gasteiger partial charge in [0.15, 0.2) is 0 Å². The Kier molecular flexibility index (Phi) is 4.83. The normalized spacial score (nSPS) is 10.6. The third-order valence-electron chi connectivity index (χ3n) is 3.49. The number of amides is 1. The highest BCUT2D eigenvalue weighted by atomic mass is 35.5. The average Bonchev–Trinajstić information content (AvgIpc) is 3.01. The van der Waals surface area contributed by atoms with Crippen LogP contribution in [0.1, 0.15) is 15.9 Å². The van der Waals surface area contributed by atoms with Gasteiger partial charge in [-0.3, -0.25) is 14.5 Å². The van der Waals surface area contributed by atoms with Crippen molar-refractivity contribution in [1.29, 1.82) is 0 Å². The topological polar surface area (TPSA) is 59.8 Å². The molecule has 2 heterocycles. The Morgan fingerprint density at radius 2 is 2.08 bits per heavy atom. The number of aromatic nitrogens is 3. The van der Waals surface area contributed by atoms with Gasteiger partial charge < -0.3 is 5.32 Å². The molecule has 122 valence electrons. The molecule has 2 aromatic heterocycles. The Bertz CT molecular complexity index is 892. The molecule has 5 nitrogen and oxygen atoms in total. The van der Waals surface area contributed by atoms with E-state index < -0.39 is 0 Å². The highest BCUT2D eigenvalue weighted by Crippen LogP contribution is 2.23. The van der Waals surface area contributed by atoms with Crippen LogP contribution in [-0.2, 0) is 13.6 Å². The standard InChI is InChI=1S/C17H14Cl2N4O/c1-23-10-13(9-22-23)16-12(3-2-6-20-16)8-21-17(24)11-4-5-14(18)15(19)7-11/h2-7,9-10H,8H2,1H3,(H,21,24). The lowest BCUT2D eigenvalue weighted by atomic mass is 10.1. The molecule has 24 heavy (non-hydrogen) atoms. The van der Waals surface area contributed by atoms with Gasteiger partial charge in [-0.1, -0.05) is 29.3 Å². The third-order valence-corrected chi connectivity index (χ3v) is 4.23. The molecule has 0 unspecified atom stereocenters. The van der Waals surface area contributed by atoms with E-state index in [1.807, 2.05) is 25.4 Å². The third kappa shape index (κ3) is 3.58. The fourth-order valence-electron chi connectivity index (χ4n) is 2.30. The van der Waals surface area contributed by atoms with Crippen molar-refractivity contribution >= 4 is 29.1 Å². The molecule has 0 bridgehead atoms. The van der Waals surface area contributed by atoms with Crippen molar-refractivity contribution < 1.29 is 4.79 Å². The number of nitrogens with zero attached hydrogens (tertiary/aromatic N) is 3. The zero-order valence-corrected chi connectivity index (χ0v) is 14.3. The van der Waals surface area contributed by atoms with E-state index in [1.165, 1.54) is 0 Å². The second kappa shape index (κ2) is 7.03. The number of benzene rings is 1. The van der Waals surface area contributed by atoms with E-state index in [1.54, 1.807) is 35.3 Å². The maximum Gasteiger partial charge on any atom is 0.251 e. The molecule has 3 rings (SSSR count). The number of rotatable bonds is 4. The summed E-state index contributed by atoms with van der Waals surface area (Å²) in [5.41, 5.74) is 3.05. The summed E-state index contributed by atoms with van der Waals surface area (Å²) < 4.78 is 1.71. The van der Waals surface area contributed by atoms with Crippen LogP contribution in [0.15, 0.2) is 48.9 Å². The first-order chi connectivity index (χ1) is 11.5. The van der Waals surface area contributed by atoms with Gasteiger partial charge in [-0.2, -0.15) is 5.10 Å². The predicted molar refractivity (Wildman–Crippen MR) is 94.1 cm³/mol. The van der Waals surface area contributed by atoms with Gasteiger partial charge in [0.25, 0.3) is 5.91 Å². The van der Waals surface area contributed by atoms with E-state index in [-0.39, 0.29) is 5.91 Å². The second-order valence-electron chi connectivity index (χ2n) is 5.23. The highest BCUT2D eigenvalue weighted by molar-refractivity contribution is 6.42. The number of aryl methyl sites for hydroxylation is 1. The van der Waals surface area contributed by atoms with Crippen LogP contribution < -0.4 is 5.32 Å². The van der Waals surface area contributed by atoms with Crippen LogP contribution in [0.2, 0.25) is 10.0 Å². The molecule has 1 amide bonds. The van der Waals surface area contributed by atoms with Crippen molar-refractivity contribution in [3.8, 4) is 11.3 Å². The van der Waals surface area contributed by atoms with Gasteiger partial charge in [-0.25, -0.2) is 0 Å². The number of carbonyl (C=O) groups is 1. The molecule has 0 fully saturated rings. The van der Waals surface area contributed by atoms with Gasteiger partial charge in [-0.05, 0) is 29.8 Å². The van der Waals surface area contributed by atoms with E-state index in [0.717, 1.165) is 16.8 Å². The van der Waals surface area contributed by atoms with Gasteiger partial charge in [0.1, 0.15) is 0 Å². The van der Waals surface area contributed by atoms with E-state index in [2.05, 4.69) is 15.4 Å². The van der Waals surface area contributed by atoms with Gasteiger partial charge >= 0.3 is 0 Å². The van der Waals surface area contributed by atoms with E-state index in [9.17, 15) is 4.79 Å². The molecule has 0 atom stereocenters. The van der Waals surface area contributed by atoms with Crippen LogP contribution in [0.4, 0.5) is 0 Å². The summed E-state index contributed by atoms with van der Waals surface area (Å²) in [4.78, 5) is 16.7. The quantitative estimate of drug-likeness (QED) is 0.771. The highest BCUT2D eigenvalue weighted by Gasteiger charge is 2.11. The van der Waals surface area contributed by atoms with Crippen LogP contribution in [0, 0.1) is 0 Å². The minimum Gasteiger partial charge on any atom is -0.348 e. The number of carbonyl (C=O) groups excluding carboxylic acids is 1. The van der Waals surface area contributed by atoms with Crippen molar-refractivity contribution in [2.24, 2.45) is 7.05 Å². The van der Waals surface area contributed by atoms with Crippen molar-refractivity contribution in [3.63, 3.8) is 0 Å². The van der Waals surface area contributed by atoms with Crippen molar-refractivity contribution in [2.45, 2.75) is 6.54 Å². The van der Waals surface area contributed by atoms with Gasteiger partial charge in [0, 0.05) is 37.1 Å². The SMILES string of the molecule is Cn1cc(-c2ncccc2CNC(=O)c2ccc(Cl)c(Cl)c2)cn1. The smallest absolute Gasteiger partial charge is 0.251 e. The first kappa shape index (κ1) is 16.5. The van der Waals surface area contributed by atoms with Gasteiger partial charge in [0.2, 0.25) is 0 Å². The van der Waals surface area contributed by atoms with Crippen LogP contribution in [-0.4, -0.2) is 20.7 Å². The minimum absolute atomic E-state index is 0.227. The van der Waals surface area contributed by atoms with Crippen LogP contribution >= 0.6 is 23.2 Å². The fraction of sp³-hybridized carbons (Fsp3) is 0.118. The molecule has 0 saturated heterocycles. The Morgan fingerprint density at radius 3 is 2.79 bits per heavy atom. The number of nitrogens with one attached hydrogen (secondary N) is 1. The Balaban J connectivity index is 1.77. The lowest BCUT2D eigenvalue weighted by molar-refractivity contribution is 0.0951. The lowest BCUT2D eigenvalue weighted by Gasteiger charge is -2.09. The van der Waals surface area contributed by atoms with Gasteiger partial charge in [-0.15, -0.1) is 0 Å². The molecule has 1 aromatic carbocycles. The predicted octanol–water partition coefficient (Wildman–Crippen LogP) is 3.72. The van der Waals surface area contributed by atoms with Crippen molar-refractivity contribution in [3.05, 3.63) is 70.1 Å². The molecule has 0 aliphatic heterocycles. The summed E-state index contributed by atoms with van der Waals surface area (Å²) in [6, 6.07) is 8.54. The number of hydrogen-bond acceptors (Lipinski definition) is 3. The lowest BCUT2D eigenvalue weighted by Crippen LogP contribution is -2.23. The summed E-state index contributed by atoms with van der Waals surface area (Å²) in [6.07, 6.45) is 5.34. The molecule has 0 aliphatic carbocycles. The Labute approximate surface area is 149 Å². The summed E-state index contributed by atoms with van der Waals surface area (Å²) in [5.74, 6) is -0.227. The number of halogens is 2. The summed E-state index contributed by atoms with van der Waals surface area (Å²) in [6.45, 7) is 0.344. The number of hydrogen-bond donors (Lipinski definition) is 1. The first-order valence-corrected chi connectivity index (χ1v) is 7.96. The summed E-state index contributed by atoms with van der Waals surface area (Å²) in [5, 5.41) is 7.79. The maximum atomic E-state index is 12.3. The van der Waals surface area contributed by atoms with E-state index >= 15 is 0 Å². The van der Waals surface area contributed by atoms with E-state index in [0.29, 0.717) is 22.2 Å². The average molecular weight is 361 g/mol. The summed E-state index contributed by atoms with van der Waals surface area (Å²) >= 11 is 11.8. The Morgan fingerprint density at radius 1 is 1.25 bits per heavy atom. The summed E-state index contributed by atoms with van der Waals surface area (Å²) in [7, 11) is 1.85. The zero-order valence-electron chi connectivity index (χ0n) is 12.8. The van der Waals surface area contributed by atoms with Gasteiger partial charge in [0.05, 0.1) is 21.9 Å².